The number of pyridine rings is 1. The van der Waals surface area contributed by atoms with Crippen LogP contribution in [0.25, 0.3) is 5.65 Å². The highest BCUT2D eigenvalue weighted by Gasteiger charge is 2.00. The number of nitrogens with zero attached hydrogens (tertiary/aromatic N) is 3. The summed E-state index contributed by atoms with van der Waals surface area (Å²) in [5.41, 5.74) is 2.03. The number of halogens is 1. The van der Waals surface area contributed by atoms with E-state index in [2.05, 4.69) is 33.4 Å². The summed E-state index contributed by atoms with van der Waals surface area (Å²) in [5.74, 6) is 0.816. The fraction of sp³-hybridized carbons (Fsp3) is 0.333. The molecule has 0 saturated carbocycles. The molecule has 0 bridgehead atoms. The molecular formula is C15H22IN5. The first-order chi connectivity index (χ1) is 9.83. The highest BCUT2D eigenvalue weighted by molar-refractivity contribution is 14.0. The molecule has 21 heavy (non-hydrogen) atoms. The lowest BCUT2D eigenvalue weighted by Crippen LogP contribution is -2.37. The van der Waals surface area contributed by atoms with Crippen molar-refractivity contribution in [1.82, 2.24) is 20.0 Å². The van der Waals surface area contributed by atoms with Gasteiger partial charge >= 0.3 is 0 Å². The molecule has 2 aromatic rings. The number of imidazole rings is 1. The monoisotopic (exact) mass is 399 g/mol. The molecule has 0 aromatic carbocycles. The number of guanidine groups is 1. The molecule has 114 valence electrons. The van der Waals surface area contributed by atoms with Crippen LogP contribution in [0.15, 0.2) is 48.2 Å². The van der Waals surface area contributed by atoms with Crippen LogP contribution in [-0.2, 0) is 6.42 Å². The number of hydrogen-bond donors (Lipinski definition) is 2. The average molecular weight is 399 g/mol. The van der Waals surface area contributed by atoms with Crippen LogP contribution < -0.4 is 10.6 Å². The molecular weight excluding hydrogens is 377 g/mol. The van der Waals surface area contributed by atoms with Crippen LogP contribution in [0, 0.1) is 0 Å². The molecule has 0 spiro atoms. The molecule has 2 rings (SSSR count). The van der Waals surface area contributed by atoms with E-state index in [9.17, 15) is 0 Å². The molecule has 2 heterocycles. The van der Waals surface area contributed by atoms with Gasteiger partial charge in [-0.15, -0.1) is 30.6 Å². The van der Waals surface area contributed by atoms with Crippen molar-refractivity contribution >= 4 is 35.6 Å². The third kappa shape index (κ3) is 5.37. The van der Waals surface area contributed by atoms with E-state index >= 15 is 0 Å². The van der Waals surface area contributed by atoms with Gasteiger partial charge in [0, 0.05) is 38.4 Å². The first kappa shape index (κ1) is 17.5. The van der Waals surface area contributed by atoms with Gasteiger partial charge < -0.3 is 15.0 Å². The second kappa shape index (κ2) is 9.38. The van der Waals surface area contributed by atoms with E-state index in [1.165, 1.54) is 0 Å². The van der Waals surface area contributed by atoms with Gasteiger partial charge in [0.05, 0.1) is 5.69 Å². The average Bonchev–Trinajstić information content (AvgIpc) is 2.87. The van der Waals surface area contributed by atoms with E-state index in [-0.39, 0.29) is 24.0 Å². The van der Waals surface area contributed by atoms with Gasteiger partial charge in [0.2, 0.25) is 0 Å². The van der Waals surface area contributed by atoms with Crippen molar-refractivity contribution < 1.29 is 0 Å². The molecule has 5 nitrogen and oxygen atoms in total. The topological polar surface area (TPSA) is 53.7 Å². The summed E-state index contributed by atoms with van der Waals surface area (Å²) in [6.07, 6.45) is 6.70. The van der Waals surface area contributed by atoms with E-state index in [0.717, 1.165) is 30.3 Å². The number of aromatic nitrogens is 2. The fourth-order valence-electron chi connectivity index (χ4n) is 1.90. The Kier molecular flexibility index (Phi) is 7.81. The maximum atomic E-state index is 4.55. The minimum absolute atomic E-state index is 0. The predicted octanol–water partition coefficient (Wildman–Crippen LogP) is 2.24. The lowest BCUT2D eigenvalue weighted by atomic mass is 10.3. The zero-order chi connectivity index (χ0) is 14.2. The second-order valence-electron chi connectivity index (χ2n) is 4.38. The Morgan fingerprint density at radius 3 is 3.00 bits per heavy atom. The SMILES string of the molecule is C=CCNC(=NCCc1cn2ccccc2n1)NCC.I. The van der Waals surface area contributed by atoms with E-state index in [4.69, 9.17) is 0 Å². The van der Waals surface area contributed by atoms with E-state index in [0.29, 0.717) is 13.1 Å². The summed E-state index contributed by atoms with van der Waals surface area (Å²) in [6.45, 7) is 7.99. The molecule has 2 aromatic heterocycles. The maximum Gasteiger partial charge on any atom is 0.191 e. The third-order valence-corrected chi connectivity index (χ3v) is 2.81. The number of rotatable bonds is 6. The van der Waals surface area contributed by atoms with Gasteiger partial charge in [-0.3, -0.25) is 4.99 Å². The minimum Gasteiger partial charge on any atom is -0.357 e. The normalized spacial score (nSPS) is 11.0. The largest absolute Gasteiger partial charge is 0.357 e. The maximum absolute atomic E-state index is 4.55. The molecule has 6 heteroatoms. The van der Waals surface area contributed by atoms with Gasteiger partial charge in [-0.2, -0.15) is 0 Å². The van der Waals surface area contributed by atoms with Crippen molar-refractivity contribution in [2.75, 3.05) is 19.6 Å². The summed E-state index contributed by atoms with van der Waals surface area (Å²) < 4.78 is 2.03. The van der Waals surface area contributed by atoms with Crippen molar-refractivity contribution in [2.24, 2.45) is 4.99 Å². The summed E-state index contributed by atoms with van der Waals surface area (Å²) in [6, 6.07) is 5.99. The van der Waals surface area contributed by atoms with Gasteiger partial charge in [-0.25, -0.2) is 4.98 Å². The van der Waals surface area contributed by atoms with Crippen LogP contribution in [0.4, 0.5) is 0 Å². The van der Waals surface area contributed by atoms with E-state index in [1.807, 2.05) is 41.8 Å². The van der Waals surface area contributed by atoms with E-state index < -0.39 is 0 Å². The molecule has 0 aliphatic heterocycles. The quantitative estimate of drug-likeness (QED) is 0.339. The first-order valence-corrected chi connectivity index (χ1v) is 6.89. The standard InChI is InChI=1S/C15H21N5.HI/c1-3-9-17-15(16-4-2)18-10-8-13-12-20-11-6-5-7-14(20)19-13;/h3,5-7,11-12H,1,4,8-10H2,2H3,(H2,16,17,18);1H. The van der Waals surface area contributed by atoms with Gasteiger partial charge in [-0.1, -0.05) is 12.1 Å². The molecule has 0 unspecified atom stereocenters. The lowest BCUT2D eigenvalue weighted by Gasteiger charge is -2.08. The van der Waals surface area contributed by atoms with Crippen LogP contribution >= 0.6 is 24.0 Å². The van der Waals surface area contributed by atoms with Crippen LogP contribution in [0.5, 0.6) is 0 Å². The molecule has 0 saturated heterocycles. The highest BCUT2D eigenvalue weighted by Crippen LogP contribution is 2.04. The Hall–Kier alpha value is -1.57. The molecule has 0 atom stereocenters. The summed E-state index contributed by atoms with van der Waals surface area (Å²) in [4.78, 5) is 9.07. The Morgan fingerprint density at radius 1 is 1.43 bits per heavy atom. The van der Waals surface area contributed by atoms with Crippen LogP contribution in [-0.4, -0.2) is 35.0 Å². The Morgan fingerprint density at radius 2 is 2.29 bits per heavy atom. The molecule has 0 radical (unpaired) electrons. The molecule has 2 N–H and O–H groups in total. The number of nitrogens with one attached hydrogen (secondary N) is 2. The van der Waals surface area contributed by atoms with Crippen molar-refractivity contribution in [3.8, 4) is 0 Å². The molecule has 0 fully saturated rings. The summed E-state index contributed by atoms with van der Waals surface area (Å²) >= 11 is 0. The van der Waals surface area contributed by atoms with Crippen molar-refractivity contribution in [3.05, 3.63) is 48.9 Å². The number of hydrogen-bond acceptors (Lipinski definition) is 2. The second-order valence-corrected chi connectivity index (χ2v) is 4.38. The van der Waals surface area contributed by atoms with Crippen molar-refractivity contribution in [2.45, 2.75) is 13.3 Å². The zero-order valence-electron chi connectivity index (χ0n) is 12.2. The Labute approximate surface area is 142 Å². The third-order valence-electron chi connectivity index (χ3n) is 2.81. The summed E-state index contributed by atoms with van der Waals surface area (Å²) in [5, 5.41) is 6.37. The van der Waals surface area contributed by atoms with Crippen LogP contribution in [0.1, 0.15) is 12.6 Å². The van der Waals surface area contributed by atoms with Gasteiger partial charge in [0.15, 0.2) is 5.96 Å². The predicted molar refractivity (Wildman–Crippen MR) is 98.5 cm³/mol. The molecule has 0 aliphatic rings. The fourth-order valence-corrected chi connectivity index (χ4v) is 1.90. The minimum atomic E-state index is 0. The lowest BCUT2D eigenvalue weighted by molar-refractivity contribution is 0.846. The summed E-state index contributed by atoms with van der Waals surface area (Å²) in [7, 11) is 0. The first-order valence-electron chi connectivity index (χ1n) is 6.89. The number of aliphatic imine (C=N–C) groups is 1. The van der Waals surface area contributed by atoms with Gasteiger partial charge in [0.25, 0.3) is 0 Å². The molecule has 0 aliphatic carbocycles. The Bertz CT molecular complexity index is 558. The van der Waals surface area contributed by atoms with Crippen molar-refractivity contribution in [3.63, 3.8) is 0 Å². The van der Waals surface area contributed by atoms with Gasteiger partial charge in [-0.05, 0) is 19.1 Å². The molecule has 0 amide bonds. The smallest absolute Gasteiger partial charge is 0.191 e. The highest BCUT2D eigenvalue weighted by atomic mass is 127. The van der Waals surface area contributed by atoms with Crippen LogP contribution in [0.3, 0.4) is 0 Å². The Balaban J connectivity index is 0.00000220. The van der Waals surface area contributed by atoms with E-state index in [1.54, 1.807) is 0 Å². The van der Waals surface area contributed by atoms with Gasteiger partial charge in [0.1, 0.15) is 5.65 Å². The zero-order valence-corrected chi connectivity index (χ0v) is 14.6. The van der Waals surface area contributed by atoms with Crippen molar-refractivity contribution in [1.29, 1.82) is 0 Å². The number of fused-ring (bicyclic) bond motifs is 1. The van der Waals surface area contributed by atoms with Crippen LogP contribution in [0.2, 0.25) is 0 Å².